The highest BCUT2D eigenvalue weighted by molar-refractivity contribution is 4.99. The van der Waals surface area contributed by atoms with E-state index < -0.39 is 0 Å². The molecule has 1 saturated heterocycles. The summed E-state index contributed by atoms with van der Waals surface area (Å²) in [4.78, 5) is 2.32. The molecule has 1 aliphatic rings. The van der Waals surface area contributed by atoms with Gasteiger partial charge in [0.2, 0.25) is 0 Å². The Balaban J connectivity index is 2.33. The summed E-state index contributed by atoms with van der Waals surface area (Å²) in [7, 11) is 0. The molecule has 2 nitrogen and oxygen atoms in total. The van der Waals surface area contributed by atoms with E-state index in [1.54, 1.807) is 0 Å². The summed E-state index contributed by atoms with van der Waals surface area (Å²) < 4.78 is 0. The molecule has 1 heterocycles. The summed E-state index contributed by atoms with van der Waals surface area (Å²) in [6.45, 7) is 9.35. The van der Waals surface area contributed by atoms with Crippen LogP contribution in [0.4, 0.5) is 0 Å². The Bertz CT molecular complexity index is 154. The molecule has 62 valence electrons. The second-order valence-electron chi connectivity index (χ2n) is 3.00. The van der Waals surface area contributed by atoms with E-state index in [2.05, 4.69) is 18.1 Å². The monoisotopic (exact) mass is 152 g/mol. The molecule has 0 bridgehead atoms. The fraction of sp³-hybridized carbons (Fsp3) is 0.556. The van der Waals surface area contributed by atoms with Crippen LogP contribution in [0.15, 0.2) is 25.3 Å². The lowest BCUT2D eigenvalue weighted by atomic mass is 9.94. The molecule has 0 amide bonds. The standard InChI is InChI=1S/C9H16N2/c1-3-5-9-8(10)7-11(9)6-4-2/h3-4,8-9H,1-2,5-7,10H2. The van der Waals surface area contributed by atoms with Gasteiger partial charge in [-0.05, 0) is 6.42 Å². The van der Waals surface area contributed by atoms with Gasteiger partial charge in [-0.3, -0.25) is 4.90 Å². The fourth-order valence-electron chi connectivity index (χ4n) is 1.53. The Hall–Kier alpha value is -0.600. The summed E-state index contributed by atoms with van der Waals surface area (Å²) in [5.41, 5.74) is 5.81. The van der Waals surface area contributed by atoms with Crippen molar-refractivity contribution >= 4 is 0 Å². The summed E-state index contributed by atoms with van der Waals surface area (Å²) in [6, 6.07) is 0.846. The highest BCUT2D eigenvalue weighted by Gasteiger charge is 2.33. The van der Waals surface area contributed by atoms with Crippen LogP contribution in [0.5, 0.6) is 0 Å². The van der Waals surface area contributed by atoms with Crippen molar-refractivity contribution in [2.45, 2.75) is 18.5 Å². The SMILES string of the molecule is C=CCC1C(N)CN1CC=C. The van der Waals surface area contributed by atoms with Crippen LogP contribution in [0.2, 0.25) is 0 Å². The molecular formula is C9H16N2. The van der Waals surface area contributed by atoms with Crippen LogP contribution in [0, 0.1) is 0 Å². The largest absolute Gasteiger partial charge is 0.325 e. The van der Waals surface area contributed by atoms with Gasteiger partial charge in [0.1, 0.15) is 0 Å². The highest BCUT2D eigenvalue weighted by Crippen LogP contribution is 2.19. The molecule has 0 aliphatic carbocycles. The second kappa shape index (κ2) is 3.69. The molecule has 0 saturated carbocycles. The Morgan fingerprint density at radius 1 is 1.45 bits per heavy atom. The minimum absolute atomic E-state index is 0.341. The maximum absolute atomic E-state index is 5.81. The van der Waals surface area contributed by atoms with Crippen LogP contribution in [0.25, 0.3) is 0 Å². The van der Waals surface area contributed by atoms with Gasteiger partial charge >= 0.3 is 0 Å². The minimum atomic E-state index is 0.341. The third-order valence-electron chi connectivity index (χ3n) is 2.18. The predicted octanol–water partition coefficient (Wildman–Crippen LogP) is 0.760. The van der Waals surface area contributed by atoms with E-state index >= 15 is 0 Å². The number of nitrogens with zero attached hydrogens (tertiary/aromatic N) is 1. The van der Waals surface area contributed by atoms with Gasteiger partial charge < -0.3 is 5.73 Å². The molecule has 2 heteroatoms. The normalized spacial score (nSPS) is 31.0. The Kier molecular flexibility index (Phi) is 2.85. The van der Waals surface area contributed by atoms with E-state index in [9.17, 15) is 0 Å². The van der Waals surface area contributed by atoms with Crippen molar-refractivity contribution in [2.75, 3.05) is 13.1 Å². The molecule has 2 unspecified atom stereocenters. The van der Waals surface area contributed by atoms with Crippen LogP contribution < -0.4 is 5.73 Å². The molecule has 1 fully saturated rings. The van der Waals surface area contributed by atoms with Gasteiger partial charge in [-0.1, -0.05) is 12.2 Å². The molecule has 0 radical (unpaired) electrons. The van der Waals surface area contributed by atoms with E-state index in [0.717, 1.165) is 19.5 Å². The zero-order valence-corrected chi connectivity index (χ0v) is 6.87. The van der Waals surface area contributed by atoms with Gasteiger partial charge in [0, 0.05) is 25.2 Å². The maximum atomic E-state index is 5.81. The minimum Gasteiger partial charge on any atom is -0.325 e. The van der Waals surface area contributed by atoms with Crippen molar-refractivity contribution in [1.29, 1.82) is 0 Å². The molecule has 2 atom stereocenters. The molecular weight excluding hydrogens is 136 g/mol. The lowest BCUT2D eigenvalue weighted by Gasteiger charge is -2.45. The third kappa shape index (κ3) is 1.70. The molecule has 1 aliphatic heterocycles. The lowest BCUT2D eigenvalue weighted by Crippen LogP contribution is -2.63. The molecule has 0 aromatic carbocycles. The van der Waals surface area contributed by atoms with E-state index in [-0.39, 0.29) is 0 Å². The first-order chi connectivity index (χ1) is 5.29. The molecule has 0 spiro atoms. The predicted molar refractivity (Wildman–Crippen MR) is 48.3 cm³/mol. The van der Waals surface area contributed by atoms with E-state index in [1.165, 1.54) is 0 Å². The van der Waals surface area contributed by atoms with Crippen molar-refractivity contribution in [1.82, 2.24) is 4.90 Å². The summed E-state index contributed by atoms with van der Waals surface area (Å²) in [5.74, 6) is 0. The first-order valence-corrected chi connectivity index (χ1v) is 4.01. The summed E-state index contributed by atoms with van der Waals surface area (Å²) in [5, 5.41) is 0. The zero-order chi connectivity index (χ0) is 8.27. The van der Waals surface area contributed by atoms with Crippen molar-refractivity contribution in [2.24, 2.45) is 5.73 Å². The van der Waals surface area contributed by atoms with Gasteiger partial charge in [-0.25, -0.2) is 0 Å². The number of hydrogen-bond donors (Lipinski definition) is 1. The van der Waals surface area contributed by atoms with E-state index in [1.807, 2.05) is 12.2 Å². The Morgan fingerprint density at radius 3 is 2.64 bits per heavy atom. The molecule has 0 aromatic rings. The van der Waals surface area contributed by atoms with Crippen LogP contribution in [-0.4, -0.2) is 30.1 Å². The van der Waals surface area contributed by atoms with E-state index in [0.29, 0.717) is 12.1 Å². The molecule has 2 N–H and O–H groups in total. The van der Waals surface area contributed by atoms with Crippen molar-refractivity contribution in [3.63, 3.8) is 0 Å². The van der Waals surface area contributed by atoms with Gasteiger partial charge in [0.25, 0.3) is 0 Å². The van der Waals surface area contributed by atoms with Crippen molar-refractivity contribution in [3.05, 3.63) is 25.3 Å². The number of rotatable bonds is 4. The summed E-state index contributed by atoms with van der Waals surface area (Å²) >= 11 is 0. The number of nitrogens with two attached hydrogens (primary N) is 1. The number of likely N-dealkylation sites (tertiary alicyclic amines) is 1. The van der Waals surface area contributed by atoms with Crippen LogP contribution in [-0.2, 0) is 0 Å². The molecule has 0 aromatic heterocycles. The van der Waals surface area contributed by atoms with Crippen LogP contribution >= 0.6 is 0 Å². The average molecular weight is 152 g/mol. The quantitative estimate of drug-likeness (QED) is 0.603. The molecule has 1 rings (SSSR count). The topological polar surface area (TPSA) is 29.3 Å². The highest BCUT2D eigenvalue weighted by atomic mass is 15.2. The van der Waals surface area contributed by atoms with E-state index in [4.69, 9.17) is 5.73 Å². The second-order valence-corrected chi connectivity index (χ2v) is 3.00. The Morgan fingerprint density at radius 2 is 2.18 bits per heavy atom. The fourth-order valence-corrected chi connectivity index (χ4v) is 1.53. The van der Waals surface area contributed by atoms with Crippen molar-refractivity contribution in [3.8, 4) is 0 Å². The zero-order valence-electron chi connectivity index (χ0n) is 6.87. The number of hydrogen-bond acceptors (Lipinski definition) is 2. The molecule has 11 heavy (non-hydrogen) atoms. The van der Waals surface area contributed by atoms with Gasteiger partial charge in [0.15, 0.2) is 0 Å². The first kappa shape index (κ1) is 8.50. The summed E-state index contributed by atoms with van der Waals surface area (Å²) in [6.07, 6.45) is 4.84. The average Bonchev–Trinajstić information content (AvgIpc) is 2.00. The van der Waals surface area contributed by atoms with Gasteiger partial charge in [-0.2, -0.15) is 0 Å². The van der Waals surface area contributed by atoms with Crippen LogP contribution in [0.1, 0.15) is 6.42 Å². The Labute approximate surface area is 68.4 Å². The lowest BCUT2D eigenvalue weighted by molar-refractivity contribution is 0.0789. The van der Waals surface area contributed by atoms with Gasteiger partial charge in [0.05, 0.1) is 0 Å². The smallest absolute Gasteiger partial charge is 0.0329 e. The maximum Gasteiger partial charge on any atom is 0.0329 e. The van der Waals surface area contributed by atoms with Crippen molar-refractivity contribution < 1.29 is 0 Å². The first-order valence-electron chi connectivity index (χ1n) is 4.01. The van der Waals surface area contributed by atoms with Gasteiger partial charge in [-0.15, -0.1) is 13.2 Å². The third-order valence-corrected chi connectivity index (χ3v) is 2.18. The van der Waals surface area contributed by atoms with Crippen LogP contribution in [0.3, 0.4) is 0 Å².